The predicted octanol–water partition coefficient (Wildman–Crippen LogP) is 1.94. The molecular weight excluding hydrogens is 262 g/mol. The SMILES string of the molecule is CC1CCC(CN)(C(=O)N2CCC(CN(C)C)CC2)CC1. The van der Waals surface area contributed by atoms with E-state index in [1.54, 1.807) is 0 Å². The van der Waals surface area contributed by atoms with Crippen LogP contribution >= 0.6 is 0 Å². The summed E-state index contributed by atoms with van der Waals surface area (Å²) in [5, 5.41) is 0. The third-order valence-corrected chi connectivity index (χ3v) is 5.60. The molecule has 2 N–H and O–H groups in total. The number of carbonyl (C=O) groups excluding carboxylic acids is 1. The molecule has 2 aliphatic rings. The van der Waals surface area contributed by atoms with Gasteiger partial charge in [-0.05, 0) is 64.5 Å². The van der Waals surface area contributed by atoms with E-state index >= 15 is 0 Å². The van der Waals surface area contributed by atoms with Gasteiger partial charge in [-0.1, -0.05) is 6.92 Å². The monoisotopic (exact) mass is 295 g/mol. The van der Waals surface area contributed by atoms with Crippen molar-refractivity contribution in [2.45, 2.75) is 45.4 Å². The van der Waals surface area contributed by atoms with Gasteiger partial charge in [0.05, 0.1) is 5.41 Å². The molecule has 1 saturated carbocycles. The van der Waals surface area contributed by atoms with E-state index in [1.807, 2.05) is 0 Å². The summed E-state index contributed by atoms with van der Waals surface area (Å²) in [4.78, 5) is 17.3. The summed E-state index contributed by atoms with van der Waals surface area (Å²) in [7, 11) is 4.26. The average molecular weight is 295 g/mol. The van der Waals surface area contributed by atoms with Crippen LogP contribution in [0.3, 0.4) is 0 Å². The molecule has 4 nitrogen and oxygen atoms in total. The second-order valence-corrected chi connectivity index (χ2v) is 7.66. The number of hydrogen-bond acceptors (Lipinski definition) is 3. The first-order chi connectivity index (χ1) is 9.97. The Kier molecular flexibility index (Phi) is 5.67. The second kappa shape index (κ2) is 7.10. The van der Waals surface area contributed by atoms with E-state index < -0.39 is 0 Å². The molecule has 1 amide bonds. The lowest BCUT2D eigenvalue weighted by Gasteiger charge is -2.43. The smallest absolute Gasteiger partial charge is 0.230 e. The maximum atomic E-state index is 13.0. The Labute approximate surface area is 130 Å². The first-order valence-corrected chi connectivity index (χ1v) is 8.61. The summed E-state index contributed by atoms with van der Waals surface area (Å²) in [6.45, 7) is 5.80. The van der Waals surface area contributed by atoms with E-state index in [0.29, 0.717) is 12.5 Å². The van der Waals surface area contributed by atoms with Gasteiger partial charge in [0.1, 0.15) is 0 Å². The molecule has 0 spiro atoms. The van der Waals surface area contributed by atoms with Crippen LogP contribution in [0.4, 0.5) is 0 Å². The van der Waals surface area contributed by atoms with Crippen molar-refractivity contribution in [3.8, 4) is 0 Å². The Hall–Kier alpha value is -0.610. The summed E-state index contributed by atoms with van der Waals surface area (Å²) in [5.74, 6) is 1.84. The zero-order valence-corrected chi connectivity index (χ0v) is 14.1. The lowest BCUT2D eigenvalue weighted by atomic mass is 9.69. The van der Waals surface area contributed by atoms with Crippen molar-refractivity contribution in [3.63, 3.8) is 0 Å². The van der Waals surface area contributed by atoms with E-state index in [4.69, 9.17) is 5.73 Å². The maximum Gasteiger partial charge on any atom is 0.230 e. The molecule has 2 fully saturated rings. The molecule has 0 bridgehead atoms. The van der Waals surface area contributed by atoms with Gasteiger partial charge in [-0.25, -0.2) is 0 Å². The fourth-order valence-electron chi connectivity index (χ4n) is 3.99. The standard InChI is InChI=1S/C17H33N3O/c1-14-4-8-17(13-18,9-5-14)16(21)20-10-6-15(7-11-20)12-19(2)3/h14-15H,4-13,18H2,1-3H3. The average Bonchev–Trinajstić information content (AvgIpc) is 2.48. The molecule has 21 heavy (non-hydrogen) atoms. The molecule has 0 atom stereocenters. The van der Waals surface area contributed by atoms with Crippen LogP contribution in [0.5, 0.6) is 0 Å². The molecule has 0 radical (unpaired) electrons. The summed E-state index contributed by atoms with van der Waals surface area (Å²) in [6.07, 6.45) is 6.56. The summed E-state index contributed by atoms with van der Waals surface area (Å²) in [5.41, 5.74) is 5.78. The third kappa shape index (κ3) is 3.98. The molecule has 0 aromatic carbocycles. The van der Waals surface area contributed by atoms with Gasteiger partial charge in [-0.2, -0.15) is 0 Å². The molecule has 1 heterocycles. The molecule has 2 rings (SSSR count). The van der Waals surface area contributed by atoms with Crippen molar-refractivity contribution < 1.29 is 4.79 Å². The van der Waals surface area contributed by atoms with Gasteiger partial charge in [0.15, 0.2) is 0 Å². The molecule has 0 aromatic rings. The fourth-order valence-corrected chi connectivity index (χ4v) is 3.99. The van der Waals surface area contributed by atoms with E-state index in [2.05, 4.69) is 30.8 Å². The largest absolute Gasteiger partial charge is 0.342 e. The molecule has 1 aliphatic heterocycles. The van der Waals surface area contributed by atoms with Gasteiger partial charge < -0.3 is 15.5 Å². The minimum atomic E-state index is -0.249. The Morgan fingerprint density at radius 1 is 1.19 bits per heavy atom. The topological polar surface area (TPSA) is 49.6 Å². The number of rotatable bonds is 4. The lowest BCUT2D eigenvalue weighted by Crippen LogP contribution is -2.52. The number of nitrogens with two attached hydrogens (primary N) is 1. The maximum absolute atomic E-state index is 13.0. The molecule has 1 saturated heterocycles. The zero-order chi connectivity index (χ0) is 15.5. The fraction of sp³-hybridized carbons (Fsp3) is 0.941. The van der Waals surface area contributed by atoms with Crippen LogP contribution < -0.4 is 5.73 Å². The minimum Gasteiger partial charge on any atom is -0.342 e. The number of nitrogens with zero attached hydrogens (tertiary/aromatic N) is 2. The van der Waals surface area contributed by atoms with Crippen LogP contribution in [0.15, 0.2) is 0 Å². The highest BCUT2D eigenvalue weighted by Gasteiger charge is 2.42. The summed E-state index contributed by atoms with van der Waals surface area (Å²) >= 11 is 0. The number of piperidine rings is 1. The van der Waals surface area contributed by atoms with Crippen molar-refractivity contribution >= 4 is 5.91 Å². The molecule has 0 unspecified atom stereocenters. The van der Waals surface area contributed by atoms with Crippen LogP contribution in [0, 0.1) is 17.3 Å². The van der Waals surface area contributed by atoms with Gasteiger partial charge in [-0.3, -0.25) is 4.79 Å². The summed E-state index contributed by atoms with van der Waals surface area (Å²) in [6, 6.07) is 0. The van der Waals surface area contributed by atoms with Crippen LogP contribution in [0.1, 0.15) is 45.4 Å². The molecule has 0 aromatic heterocycles. The van der Waals surface area contributed by atoms with Crippen molar-refractivity contribution in [2.75, 3.05) is 40.3 Å². The molecule has 122 valence electrons. The van der Waals surface area contributed by atoms with Crippen molar-refractivity contribution in [1.29, 1.82) is 0 Å². The Morgan fingerprint density at radius 2 is 1.76 bits per heavy atom. The molecular formula is C17H33N3O. The number of amides is 1. The Bertz CT molecular complexity index is 340. The van der Waals surface area contributed by atoms with Gasteiger partial charge in [0, 0.05) is 26.2 Å². The van der Waals surface area contributed by atoms with Crippen LogP contribution in [-0.2, 0) is 4.79 Å². The third-order valence-electron chi connectivity index (χ3n) is 5.60. The first kappa shape index (κ1) is 16.8. The highest BCUT2D eigenvalue weighted by molar-refractivity contribution is 5.83. The lowest BCUT2D eigenvalue weighted by molar-refractivity contribution is -0.145. The highest BCUT2D eigenvalue weighted by Crippen LogP contribution is 2.40. The molecule has 1 aliphatic carbocycles. The number of hydrogen-bond donors (Lipinski definition) is 1. The Morgan fingerprint density at radius 3 is 2.24 bits per heavy atom. The summed E-state index contributed by atoms with van der Waals surface area (Å²) < 4.78 is 0. The van der Waals surface area contributed by atoms with E-state index in [1.165, 1.54) is 0 Å². The highest BCUT2D eigenvalue weighted by atomic mass is 16.2. The van der Waals surface area contributed by atoms with Crippen LogP contribution in [-0.4, -0.2) is 56.0 Å². The number of carbonyl (C=O) groups is 1. The number of likely N-dealkylation sites (tertiary alicyclic amines) is 1. The quantitative estimate of drug-likeness (QED) is 0.862. The Balaban J connectivity index is 1.91. The second-order valence-electron chi connectivity index (χ2n) is 7.66. The van der Waals surface area contributed by atoms with E-state index in [-0.39, 0.29) is 5.41 Å². The van der Waals surface area contributed by atoms with Crippen LogP contribution in [0.2, 0.25) is 0 Å². The van der Waals surface area contributed by atoms with Crippen molar-refractivity contribution in [3.05, 3.63) is 0 Å². The van der Waals surface area contributed by atoms with Crippen molar-refractivity contribution in [1.82, 2.24) is 9.80 Å². The van der Waals surface area contributed by atoms with E-state index in [0.717, 1.165) is 70.0 Å². The zero-order valence-electron chi connectivity index (χ0n) is 14.1. The van der Waals surface area contributed by atoms with Crippen molar-refractivity contribution in [2.24, 2.45) is 23.0 Å². The van der Waals surface area contributed by atoms with Gasteiger partial charge in [0.2, 0.25) is 5.91 Å². The van der Waals surface area contributed by atoms with Gasteiger partial charge >= 0.3 is 0 Å². The minimum absolute atomic E-state index is 0.249. The van der Waals surface area contributed by atoms with Gasteiger partial charge in [0.25, 0.3) is 0 Å². The molecule has 4 heteroatoms. The van der Waals surface area contributed by atoms with Crippen LogP contribution in [0.25, 0.3) is 0 Å². The van der Waals surface area contributed by atoms with Gasteiger partial charge in [-0.15, -0.1) is 0 Å². The predicted molar refractivity (Wildman–Crippen MR) is 87.0 cm³/mol. The first-order valence-electron chi connectivity index (χ1n) is 8.61. The normalized spacial score (nSPS) is 31.7. The van der Waals surface area contributed by atoms with E-state index in [9.17, 15) is 4.79 Å².